The molecule has 1 aliphatic carbocycles. The number of hydrogen-bond donors (Lipinski definition) is 1. The number of aliphatic hydroxyl groups is 1. The van der Waals surface area contributed by atoms with E-state index in [-0.39, 0.29) is 6.61 Å². The average molecular weight is 259 g/mol. The molecule has 1 aliphatic rings. The van der Waals surface area contributed by atoms with E-state index in [4.69, 9.17) is 5.11 Å². The monoisotopic (exact) mass is 258 g/mol. The first-order valence-electron chi connectivity index (χ1n) is 5.02. The van der Waals surface area contributed by atoms with Crippen LogP contribution in [0.2, 0.25) is 0 Å². The molecule has 0 aliphatic heterocycles. The van der Waals surface area contributed by atoms with Crippen molar-refractivity contribution in [2.75, 3.05) is 0 Å². The fraction of sp³-hybridized carbons (Fsp3) is 0.700. The van der Waals surface area contributed by atoms with Crippen LogP contribution in [0.15, 0.2) is 4.47 Å². The topological polar surface area (TPSA) is 38.0 Å². The minimum atomic E-state index is 0.0139. The Morgan fingerprint density at radius 2 is 2.21 bits per heavy atom. The molecular formula is C10H15BrN2O. The van der Waals surface area contributed by atoms with E-state index in [1.54, 1.807) is 0 Å². The first kappa shape index (κ1) is 10.2. The van der Waals surface area contributed by atoms with Gasteiger partial charge >= 0.3 is 0 Å². The Morgan fingerprint density at radius 1 is 1.57 bits per heavy atom. The number of aliphatic hydroxyl groups excluding tert-OH is 1. The van der Waals surface area contributed by atoms with Crippen molar-refractivity contribution >= 4 is 15.9 Å². The summed E-state index contributed by atoms with van der Waals surface area (Å²) in [4.78, 5) is 0. The third kappa shape index (κ3) is 1.61. The molecule has 0 unspecified atom stereocenters. The smallest absolute Gasteiger partial charge is 0.102 e. The number of halogens is 1. The third-order valence-corrected chi connectivity index (χ3v) is 3.42. The molecule has 78 valence electrons. The van der Waals surface area contributed by atoms with E-state index in [9.17, 15) is 0 Å². The summed E-state index contributed by atoms with van der Waals surface area (Å²) in [6, 6.07) is 0.363. The van der Waals surface area contributed by atoms with Gasteiger partial charge in [-0.05, 0) is 42.6 Å². The van der Waals surface area contributed by atoms with Crippen LogP contribution in [0.25, 0.3) is 0 Å². The van der Waals surface area contributed by atoms with Gasteiger partial charge in [-0.1, -0.05) is 0 Å². The molecule has 0 amide bonds. The van der Waals surface area contributed by atoms with Gasteiger partial charge in [-0.2, -0.15) is 5.10 Å². The minimum absolute atomic E-state index is 0.0139. The van der Waals surface area contributed by atoms with Crippen LogP contribution in [0.5, 0.6) is 0 Å². The minimum Gasteiger partial charge on any atom is -0.390 e. The summed E-state index contributed by atoms with van der Waals surface area (Å²) in [5, 5.41) is 13.5. The Balaban J connectivity index is 2.46. The van der Waals surface area contributed by atoms with Crippen LogP contribution in [0, 0.1) is 0 Å². The molecule has 1 aromatic rings. The van der Waals surface area contributed by atoms with Gasteiger partial charge in [-0.25, -0.2) is 0 Å². The van der Waals surface area contributed by atoms with Gasteiger partial charge in [0.1, 0.15) is 5.69 Å². The van der Waals surface area contributed by atoms with Crippen molar-refractivity contribution in [2.24, 2.45) is 0 Å². The maximum atomic E-state index is 9.13. The van der Waals surface area contributed by atoms with E-state index in [0.717, 1.165) is 10.2 Å². The number of rotatable bonds is 3. The maximum absolute atomic E-state index is 9.13. The normalized spacial score (nSPS) is 16.6. The molecule has 14 heavy (non-hydrogen) atoms. The quantitative estimate of drug-likeness (QED) is 0.906. The number of nitrogens with zero attached hydrogens (tertiary/aromatic N) is 2. The summed E-state index contributed by atoms with van der Waals surface area (Å²) >= 11 is 3.53. The summed E-state index contributed by atoms with van der Waals surface area (Å²) in [6.45, 7) is 4.25. The van der Waals surface area contributed by atoms with Gasteiger partial charge in [0, 0.05) is 12.0 Å². The molecule has 0 radical (unpaired) electrons. The maximum Gasteiger partial charge on any atom is 0.102 e. The van der Waals surface area contributed by atoms with Gasteiger partial charge in [0.05, 0.1) is 16.8 Å². The largest absolute Gasteiger partial charge is 0.390 e. The van der Waals surface area contributed by atoms with Gasteiger partial charge in [0.15, 0.2) is 0 Å². The molecule has 0 saturated heterocycles. The lowest BCUT2D eigenvalue weighted by Gasteiger charge is -2.10. The summed E-state index contributed by atoms with van der Waals surface area (Å²) in [7, 11) is 0. The van der Waals surface area contributed by atoms with Crippen LogP contribution in [0.3, 0.4) is 0 Å². The zero-order valence-corrected chi connectivity index (χ0v) is 10.1. The van der Waals surface area contributed by atoms with Gasteiger partial charge in [-0.15, -0.1) is 0 Å². The Bertz CT molecular complexity index is 342. The van der Waals surface area contributed by atoms with Crippen molar-refractivity contribution in [3.63, 3.8) is 0 Å². The zero-order chi connectivity index (χ0) is 10.3. The van der Waals surface area contributed by atoms with Crippen molar-refractivity contribution in [1.82, 2.24) is 9.78 Å². The predicted octanol–water partition coefficient (Wildman–Crippen LogP) is 2.60. The van der Waals surface area contributed by atoms with Crippen LogP contribution in [-0.2, 0) is 6.61 Å². The van der Waals surface area contributed by atoms with E-state index >= 15 is 0 Å². The molecule has 0 spiro atoms. The van der Waals surface area contributed by atoms with E-state index in [0.29, 0.717) is 12.0 Å². The standard InChI is InChI=1S/C10H15BrN2O/c1-6(2)13-10(7-3-4-7)9(11)8(5-14)12-13/h6-7,14H,3-5H2,1-2H3. The molecule has 1 aromatic heterocycles. The molecule has 1 saturated carbocycles. The molecule has 4 heteroatoms. The lowest BCUT2D eigenvalue weighted by atomic mass is 10.2. The highest BCUT2D eigenvalue weighted by Crippen LogP contribution is 2.45. The first-order chi connectivity index (χ1) is 6.65. The Hall–Kier alpha value is -0.350. The Labute approximate surface area is 92.2 Å². The predicted molar refractivity (Wildman–Crippen MR) is 58.2 cm³/mol. The third-order valence-electron chi connectivity index (χ3n) is 2.56. The van der Waals surface area contributed by atoms with Crippen molar-refractivity contribution in [3.8, 4) is 0 Å². The molecule has 3 nitrogen and oxygen atoms in total. The van der Waals surface area contributed by atoms with Crippen molar-refractivity contribution in [3.05, 3.63) is 15.9 Å². The Morgan fingerprint density at radius 3 is 2.64 bits per heavy atom. The zero-order valence-electron chi connectivity index (χ0n) is 8.50. The molecule has 2 rings (SSSR count). The molecule has 1 heterocycles. The van der Waals surface area contributed by atoms with Crippen LogP contribution in [0.4, 0.5) is 0 Å². The highest BCUT2D eigenvalue weighted by Gasteiger charge is 2.31. The highest BCUT2D eigenvalue weighted by molar-refractivity contribution is 9.10. The van der Waals surface area contributed by atoms with Gasteiger partial charge in [0.2, 0.25) is 0 Å². The van der Waals surface area contributed by atoms with Crippen molar-refractivity contribution in [1.29, 1.82) is 0 Å². The molecule has 0 atom stereocenters. The second-order valence-electron chi connectivity index (χ2n) is 4.12. The van der Waals surface area contributed by atoms with Crippen LogP contribution in [-0.4, -0.2) is 14.9 Å². The number of aromatic nitrogens is 2. The molecule has 0 bridgehead atoms. The van der Waals surface area contributed by atoms with Gasteiger partial charge < -0.3 is 5.11 Å². The second-order valence-corrected chi connectivity index (χ2v) is 4.91. The second kappa shape index (κ2) is 3.66. The van der Waals surface area contributed by atoms with Crippen molar-refractivity contribution < 1.29 is 5.11 Å². The SMILES string of the molecule is CC(C)n1nc(CO)c(Br)c1C1CC1. The first-order valence-corrected chi connectivity index (χ1v) is 5.82. The van der Waals surface area contributed by atoms with Crippen molar-refractivity contribution in [2.45, 2.75) is 45.3 Å². The highest BCUT2D eigenvalue weighted by atomic mass is 79.9. The molecular weight excluding hydrogens is 244 g/mol. The lowest BCUT2D eigenvalue weighted by molar-refractivity contribution is 0.274. The summed E-state index contributed by atoms with van der Waals surface area (Å²) < 4.78 is 3.05. The van der Waals surface area contributed by atoms with Gasteiger partial charge in [0.25, 0.3) is 0 Å². The van der Waals surface area contributed by atoms with Gasteiger partial charge in [-0.3, -0.25) is 4.68 Å². The molecule has 1 fully saturated rings. The van der Waals surface area contributed by atoms with E-state index in [2.05, 4.69) is 34.9 Å². The fourth-order valence-electron chi connectivity index (χ4n) is 1.69. The van der Waals surface area contributed by atoms with Crippen LogP contribution >= 0.6 is 15.9 Å². The van der Waals surface area contributed by atoms with Crippen LogP contribution in [0.1, 0.15) is 50.0 Å². The fourth-order valence-corrected chi connectivity index (χ4v) is 2.40. The van der Waals surface area contributed by atoms with E-state index in [1.165, 1.54) is 18.5 Å². The van der Waals surface area contributed by atoms with E-state index < -0.39 is 0 Å². The molecule has 0 aromatic carbocycles. The number of hydrogen-bond acceptors (Lipinski definition) is 2. The summed E-state index contributed by atoms with van der Waals surface area (Å²) in [5.41, 5.74) is 2.03. The Kier molecular flexibility index (Phi) is 2.66. The summed E-state index contributed by atoms with van der Waals surface area (Å²) in [6.07, 6.45) is 2.50. The lowest BCUT2D eigenvalue weighted by Crippen LogP contribution is -2.07. The van der Waals surface area contributed by atoms with Crippen LogP contribution < -0.4 is 0 Å². The molecule has 1 N–H and O–H groups in total. The average Bonchev–Trinajstić information content (AvgIpc) is 2.90. The van der Waals surface area contributed by atoms with E-state index in [1.807, 2.05) is 4.68 Å². The summed E-state index contributed by atoms with van der Waals surface area (Å²) in [5.74, 6) is 0.652.